The average molecular weight is 431 g/mol. The van der Waals surface area contributed by atoms with Gasteiger partial charge in [-0.25, -0.2) is 13.4 Å². The molecular weight excluding hydrogens is 410 g/mol. The SMILES string of the molecule is COCCOc1cc(NC(=O)c2c[nH]cn2)cc(Oc2ccc(S(C)(=O)=O)cc2)c1. The van der Waals surface area contributed by atoms with E-state index in [0.29, 0.717) is 36.1 Å². The van der Waals surface area contributed by atoms with Gasteiger partial charge in [0.1, 0.15) is 29.5 Å². The number of nitrogens with one attached hydrogen (secondary N) is 2. The third kappa shape index (κ3) is 5.82. The fourth-order valence-corrected chi connectivity index (χ4v) is 3.13. The van der Waals surface area contributed by atoms with E-state index < -0.39 is 15.7 Å². The van der Waals surface area contributed by atoms with E-state index in [1.807, 2.05) is 0 Å². The summed E-state index contributed by atoms with van der Waals surface area (Å²) in [4.78, 5) is 19.1. The Balaban J connectivity index is 1.82. The largest absolute Gasteiger partial charge is 0.491 e. The van der Waals surface area contributed by atoms with E-state index in [-0.39, 0.29) is 10.6 Å². The van der Waals surface area contributed by atoms with Crippen molar-refractivity contribution in [3.63, 3.8) is 0 Å². The van der Waals surface area contributed by atoms with Crippen molar-refractivity contribution in [2.45, 2.75) is 4.90 Å². The number of aromatic amines is 1. The summed E-state index contributed by atoms with van der Waals surface area (Å²) < 4.78 is 39.7. The smallest absolute Gasteiger partial charge is 0.275 e. The Morgan fingerprint density at radius 3 is 2.43 bits per heavy atom. The van der Waals surface area contributed by atoms with Crippen LogP contribution in [0.5, 0.6) is 17.2 Å². The zero-order valence-corrected chi connectivity index (χ0v) is 17.2. The predicted octanol–water partition coefficient (Wildman–Crippen LogP) is 2.88. The Labute approximate surface area is 173 Å². The van der Waals surface area contributed by atoms with Crippen LogP contribution in [0, 0.1) is 0 Å². The molecule has 0 aliphatic heterocycles. The standard InChI is InChI=1S/C20H21N3O6S/c1-27-7-8-28-16-9-14(23-20(24)19-12-21-13-22-19)10-17(11-16)29-15-3-5-18(6-4-15)30(2,25)26/h3-6,9-13H,7-8H2,1-2H3,(H,21,22)(H,23,24). The molecule has 2 aromatic carbocycles. The number of benzene rings is 2. The highest BCUT2D eigenvalue weighted by Crippen LogP contribution is 2.30. The van der Waals surface area contributed by atoms with E-state index in [1.165, 1.54) is 24.7 Å². The molecule has 1 aromatic heterocycles. The summed E-state index contributed by atoms with van der Waals surface area (Å²) >= 11 is 0. The number of carbonyl (C=O) groups excluding carboxylic acids is 1. The van der Waals surface area contributed by atoms with Crippen molar-refractivity contribution in [1.82, 2.24) is 9.97 Å². The number of anilines is 1. The van der Waals surface area contributed by atoms with E-state index in [1.54, 1.807) is 37.4 Å². The number of rotatable bonds is 9. The first-order valence-corrected chi connectivity index (χ1v) is 10.8. The fourth-order valence-electron chi connectivity index (χ4n) is 2.50. The fraction of sp³-hybridized carbons (Fsp3) is 0.200. The predicted molar refractivity (Wildman–Crippen MR) is 110 cm³/mol. The topological polar surface area (TPSA) is 120 Å². The lowest BCUT2D eigenvalue weighted by atomic mass is 10.2. The number of nitrogens with zero attached hydrogens (tertiary/aromatic N) is 1. The van der Waals surface area contributed by atoms with E-state index in [2.05, 4.69) is 15.3 Å². The maximum absolute atomic E-state index is 12.3. The van der Waals surface area contributed by atoms with Gasteiger partial charge in [0.25, 0.3) is 5.91 Å². The molecule has 0 spiro atoms. The third-order valence-corrected chi connectivity index (χ3v) is 5.04. The lowest BCUT2D eigenvalue weighted by molar-refractivity contribution is 0.102. The Kier molecular flexibility index (Phi) is 6.70. The van der Waals surface area contributed by atoms with Gasteiger partial charge in [0.05, 0.1) is 17.8 Å². The minimum atomic E-state index is -3.30. The number of aromatic nitrogens is 2. The number of hydrogen-bond acceptors (Lipinski definition) is 7. The van der Waals surface area contributed by atoms with Crippen LogP contribution < -0.4 is 14.8 Å². The molecule has 0 atom stereocenters. The lowest BCUT2D eigenvalue weighted by Gasteiger charge is -2.13. The lowest BCUT2D eigenvalue weighted by Crippen LogP contribution is -2.12. The van der Waals surface area contributed by atoms with E-state index in [0.717, 1.165) is 6.26 Å². The second-order valence-corrected chi connectivity index (χ2v) is 8.30. The highest BCUT2D eigenvalue weighted by atomic mass is 32.2. The zero-order chi connectivity index (χ0) is 21.6. The van der Waals surface area contributed by atoms with Crippen LogP contribution in [0.4, 0.5) is 5.69 Å². The second kappa shape index (κ2) is 9.42. The Morgan fingerprint density at radius 2 is 1.80 bits per heavy atom. The van der Waals surface area contributed by atoms with Gasteiger partial charge in [-0.2, -0.15) is 0 Å². The van der Waals surface area contributed by atoms with E-state index in [9.17, 15) is 13.2 Å². The van der Waals surface area contributed by atoms with E-state index >= 15 is 0 Å². The van der Waals surface area contributed by atoms with Crippen LogP contribution in [0.25, 0.3) is 0 Å². The number of sulfone groups is 1. The van der Waals surface area contributed by atoms with Crippen LogP contribution in [-0.2, 0) is 14.6 Å². The van der Waals surface area contributed by atoms with Gasteiger partial charge in [-0.1, -0.05) is 0 Å². The van der Waals surface area contributed by atoms with Gasteiger partial charge in [-0.05, 0) is 24.3 Å². The van der Waals surface area contributed by atoms with Crippen molar-refractivity contribution in [2.75, 3.05) is 31.9 Å². The normalized spacial score (nSPS) is 11.1. The van der Waals surface area contributed by atoms with Crippen LogP contribution in [0.15, 0.2) is 59.9 Å². The molecule has 3 rings (SSSR count). The molecule has 0 radical (unpaired) electrons. The molecule has 0 saturated heterocycles. The zero-order valence-electron chi connectivity index (χ0n) is 16.4. The second-order valence-electron chi connectivity index (χ2n) is 6.29. The molecule has 0 aliphatic rings. The van der Waals surface area contributed by atoms with Crippen molar-refractivity contribution < 1.29 is 27.4 Å². The quantitative estimate of drug-likeness (QED) is 0.500. The number of ether oxygens (including phenoxy) is 3. The maximum Gasteiger partial charge on any atom is 0.275 e. The highest BCUT2D eigenvalue weighted by Gasteiger charge is 2.12. The molecule has 0 unspecified atom stereocenters. The maximum atomic E-state index is 12.3. The number of imidazole rings is 1. The van der Waals surface area contributed by atoms with E-state index in [4.69, 9.17) is 14.2 Å². The molecule has 0 aliphatic carbocycles. The summed E-state index contributed by atoms with van der Waals surface area (Å²) in [6.45, 7) is 0.711. The van der Waals surface area contributed by atoms with Crippen molar-refractivity contribution in [2.24, 2.45) is 0 Å². The van der Waals surface area contributed by atoms with Crippen molar-refractivity contribution in [3.05, 3.63) is 60.7 Å². The summed E-state index contributed by atoms with van der Waals surface area (Å²) in [5.74, 6) is 0.902. The van der Waals surface area contributed by atoms with Gasteiger partial charge in [-0.15, -0.1) is 0 Å². The summed E-state index contributed by atoms with van der Waals surface area (Å²) in [5, 5.41) is 2.74. The van der Waals surface area contributed by atoms with Crippen LogP contribution in [0.2, 0.25) is 0 Å². The minimum absolute atomic E-state index is 0.193. The van der Waals surface area contributed by atoms with Gasteiger partial charge >= 0.3 is 0 Å². The monoisotopic (exact) mass is 431 g/mol. The molecule has 0 bridgehead atoms. The molecule has 1 heterocycles. The van der Waals surface area contributed by atoms with Crippen LogP contribution >= 0.6 is 0 Å². The van der Waals surface area contributed by atoms with Crippen molar-refractivity contribution >= 4 is 21.4 Å². The van der Waals surface area contributed by atoms with Gasteiger partial charge in [0.2, 0.25) is 0 Å². The van der Waals surface area contributed by atoms with Gasteiger partial charge in [0, 0.05) is 43.4 Å². The van der Waals surface area contributed by atoms with Gasteiger partial charge in [0.15, 0.2) is 9.84 Å². The third-order valence-electron chi connectivity index (χ3n) is 3.91. The molecule has 30 heavy (non-hydrogen) atoms. The molecule has 158 valence electrons. The molecule has 9 nitrogen and oxygen atoms in total. The first kappa shape index (κ1) is 21.3. The first-order valence-electron chi connectivity index (χ1n) is 8.90. The summed E-state index contributed by atoms with van der Waals surface area (Å²) in [5.41, 5.74) is 0.681. The summed E-state index contributed by atoms with van der Waals surface area (Å²) in [6.07, 6.45) is 4.03. The number of methoxy groups -OCH3 is 1. The number of H-pyrrole nitrogens is 1. The molecule has 3 aromatic rings. The van der Waals surface area contributed by atoms with Crippen molar-refractivity contribution in [3.8, 4) is 17.2 Å². The Bertz CT molecular complexity index is 1100. The van der Waals surface area contributed by atoms with Crippen LogP contribution in [0.3, 0.4) is 0 Å². The minimum Gasteiger partial charge on any atom is -0.491 e. The highest BCUT2D eigenvalue weighted by molar-refractivity contribution is 7.90. The Hall–Kier alpha value is -3.37. The molecular formula is C20H21N3O6S. The van der Waals surface area contributed by atoms with Crippen molar-refractivity contribution in [1.29, 1.82) is 0 Å². The summed E-state index contributed by atoms with van der Waals surface area (Å²) in [7, 11) is -1.73. The molecule has 2 N–H and O–H groups in total. The van der Waals surface area contributed by atoms with Gasteiger partial charge in [-0.3, -0.25) is 4.79 Å². The Morgan fingerprint density at radius 1 is 1.07 bits per heavy atom. The molecule has 0 fully saturated rings. The van der Waals surface area contributed by atoms with Gasteiger partial charge < -0.3 is 24.5 Å². The van der Waals surface area contributed by atoms with Crippen LogP contribution in [-0.4, -0.2) is 50.9 Å². The number of amides is 1. The van der Waals surface area contributed by atoms with Crippen LogP contribution in [0.1, 0.15) is 10.5 Å². The first-order chi connectivity index (χ1) is 14.3. The summed E-state index contributed by atoms with van der Waals surface area (Å²) in [6, 6.07) is 11.0. The molecule has 1 amide bonds. The molecule has 10 heteroatoms. The number of hydrogen-bond donors (Lipinski definition) is 2. The number of carbonyl (C=O) groups is 1. The molecule has 0 saturated carbocycles. The average Bonchev–Trinajstić information content (AvgIpc) is 3.23.